The molecular formula is C12H24O. The van der Waals surface area contributed by atoms with Gasteiger partial charge in [-0.1, -0.05) is 34.6 Å². The highest BCUT2D eigenvalue weighted by Crippen LogP contribution is 2.43. The topological polar surface area (TPSA) is 9.23 Å². The number of rotatable bonds is 1. The van der Waals surface area contributed by atoms with Gasteiger partial charge in [-0.25, -0.2) is 0 Å². The Bertz CT molecular complexity index is 172. The van der Waals surface area contributed by atoms with Crippen molar-refractivity contribution in [3.05, 3.63) is 0 Å². The molecule has 0 aromatic rings. The molecule has 1 unspecified atom stereocenters. The standard InChI is InChI=1S/C12H24O/c1-8(2)11-12(5,6)9(3)7-10(4)13-11/h8-11H,7H2,1-6H3/t9-,10-,11?/m0/s1. The van der Waals surface area contributed by atoms with E-state index in [0.717, 1.165) is 5.92 Å². The SMILES string of the molecule is CC(C)C1O[C@@H](C)C[C@H](C)C1(C)C. The van der Waals surface area contributed by atoms with E-state index >= 15 is 0 Å². The molecule has 1 heteroatoms. The predicted molar refractivity (Wildman–Crippen MR) is 56.7 cm³/mol. The number of ether oxygens (including phenoxy) is 1. The molecule has 0 bridgehead atoms. The van der Waals surface area contributed by atoms with E-state index in [4.69, 9.17) is 4.74 Å². The van der Waals surface area contributed by atoms with Gasteiger partial charge in [0.2, 0.25) is 0 Å². The molecule has 0 saturated carbocycles. The van der Waals surface area contributed by atoms with E-state index in [1.807, 2.05) is 0 Å². The van der Waals surface area contributed by atoms with E-state index < -0.39 is 0 Å². The Morgan fingerprint density at radius 3 is 2.23 bits per heavy atom. The van der Waals surface area contributed by atoms with Crippen LogP contribution in [0.15, 0.2) is 0 Å². The molecule has 0 aromatic heterocycles. The molecule has 1 saturated heterocycles. The first-order valence-electron chi connectivity index (χ1n) is 5.51. The van der Waals surface area contributed by atoms with Crippen LogP contribution < -0.4 is 0 Å². The Morgan fingerprint density at radius 2 is 1.77 bits per heavy atom. The zero-order valence-corrected chi connectivity index (χ0v) is 9.92. The van der Waals surface area contributed by atoms with Crippen LogP contribution in [0.1, 0.15) is 48.0 Å². The van der Waals surface area contributed by atoms with Gasteiger partial charge in [-0.15, -0.1) is 0 Å². The normalized spacial score (nSPS) is 39.5. The smallest absolute Gasteiger partial charge is 0.0655 e. The van der Waals surface area contributed by atoms with E-state index in [9.17, 15) is 0 Å². The molecule has 1 fully saturated rings. The van der Waals surface area contributed by atoms with Crippen molar-refractivity contribution >= 4 is 0 Å². The molecule has 0 aromatic carbocycles. The minimum atomic E-state index is 0.334. The van der Waals surface area contributed by atoms with Gasteiger partial charge in [0.25, 0.3) is 0 Å². The monoisotopic (exact) mass is 184 g/mol. The quantitative estimate of drug-likeness (QED) is 0.606. The third-order valence-corrected chi connectivity index (χ3v) is 3.67. The molecule has 0 amide bonds. The van der Waals surface area contributed by atoms with E-state index in [0.29, 0.717) is 23.5 Å². The van der Waals surface area contributed by atoms with Crippen molar-refractivity contribution in [2.24, 2.45) is 17.3 Å². The van der Waals surface area contributed by atoms with E-state index in [-0.39, 0.29) is 0 Å². The van der Waals surface area contributed by atoms with Crippen molar-refractivity contribution in [1.82, 2.24) is 0 Å². The van der Waals surface area contributed by atoms with Crippen LogP contribution in [0.5, 0.6) is 0 Å². The number of hydrogen-bond donors (Lipinski definition) is 0. The van der Waals surface area contributed by atoms with Gasteiger partial charge in [0.1, 0.15) is 0 Å². The maximum Gasteiger partial charge on any atom is 0.0655 e. The summed E-state index contributed by atoms with van der Waals surface area (Å²) in [5, 5.41) is 0. The average Bonchev–Trinajstić information content (AvgIpc) is 1.96. The molecule has 1 aliphatic heterocycles. The first kappa shape index (κ1) is 11.0. The zero-order chi connectivity index (χ0) is 10.2. The van der Waals surface area contributed by atoms with Crippen LogP contribution in [0.3, 0.4) is 0 Å². The summed E-state index contributed by atoms with van der Waals surface area (Å²) in [5.74, 6) is 1.39. The Hall–Kier alpha value is -0.0400. The lowest BCUT2D eigenvalue weighted by molar-refractivity contribution is -0.155. The molecule has 1 nitrogen and oxygen atoms in total. The van der Waals surface area contributed by atoms with Gasteiger partial charge in [0.05, 0.1) is 12.2 Å². The van der Waals surface area contributed by atoms with Crippen molar-refractivity contribution in [3.63, 3.8) is 0 Å². The summed E-state index contributed by atoms with van der Waals surface area (Å²) in [6.45, 7) is 13.8. The van der Waals surface area contributed by atoms with Gasteiger partial charge in [0, 0.05) is 0 Å². The first-order valence-corrected chi connectivity index (χ1v) is 5.51. The molecule has 1 heterocycles. The Kier molecular flexibility index (Phi) is 3.06. The number of hydrogen-bond acceptors (Lipinski definition) is 1. The molecule has 78 valence electrons. The largest absolute Gasteiger partial charge is 0.374 e. The van der Waals surface area contributed by atoms with Gasteiger partial charge < -0.3 is 4.74 Å². The lowest BCUT2D eigenvalue weighted by Gasteiger charge is -2.48. The second kappa shape index (κ2) is 3.61. The molecule has 1 aliphatic rings. The summed E-state index contributed by atoms with van der Waals surface area (Å²) in [6, 6.07) is 0. The summed E-state index contributed by atoms with van der Waals surface area (Å²) in [7, 11) is 0. The maximum atomic E-state index is 6.03. The Morgan fingerprint density at radius 1 is 1.23 bits per heavy atom. The molecular weight excluding hydrogens is 160 g/mol. The van der Waals surface area contributed by atoms with Crippen LogP contribution >= 0.6 is 0 Å². The van der Waals surface area contributed by atoms with Crippen LogP contribution in [0.2, 0.25) is 0 Å². The van der Waals surface area contributed by atoms with Crippen molar-refractivity contribution in [3.8, 4) is 0 Å². The first-order chi connectivity index (χ1) is 5.85. The molecule has 3 atom stereocenters. The van der Waals surface area contributed by atoms with Crippen molar-refractivity contribution in [2.45, 2.75) is 60.2 Å². The highest BCUT2D eigenvalue weighted by molar-refractivity contribution is 4.90. The Labute approximate surface area is 82.9 Å². The summed E-state index contributed by atoms with van der Waals surface area (Å²) in [5.41, 5.74) is 0.334. The summed E-state index contributed by atoms with van der Waals surface area (Å²) >= 11 is 0. The fourth-order valence-corrected chi connectivity index (χ4v) is 2.58. The van der Waals surface area contributed by atoms with Crippen LogP contribution in [-0.2, 0) is 4.74 Å². The van der Waals surface area contributed by atoms with Crippen LogP contribution in [0, 0.1) is 17.3 Å². The second-order valence-electron chi connectivity index (χ2n) is 5.57. The van der Waals surface area contributed by atoms with Crippen LogP contribution in [-0.4, -0.2) is 12.2 Å². The lowest BCUT2D eigenvalue weighted by atomic mass is 9.68. The van der Waals surface area contributed by atoms with Crippen molar-refractivity contribution in [2.75, 3.05) is 0 Å². The lowest BCUT2D eigenvalue weighted by Crippen LogP contribution is -2.48. The molecule has 0 N–H and O–H groups in total. The third kappa shape index (κ3) is 2.07. The van der Waals surface area contributed by atoms with E-state index in [1.165, 1.54) is 6.42 Å². The van der Waals surface area contributed by atoms with E-state index in [2.05, 4.69) is 41.5 Å². The molecule has 13 heavy (non-hydrogen) atoms. The van der Waals surface area contributed by atoms with Gasteiger partial charge in [-0.2, -0.15) is 0 Å². The van der Waals surface area contributed by atoms with Gasteiger partial charge in [-0.05, 0) is 30.6 Å². The fourth-order valence-electron chi connectivity index (χ4n) is 2.58. The predicted octanol–water partition coefficient (Wildman–Crippen LogP) is 3.48. The van der Waals surface area contributed by atoms with Gasteiger partial charge in [-0.3, -0.25) is 0 Å². The summed E-state index contributed by atoms with van der Waals surface area (Å²) < 4.78 is 6.03. The molecule has 0 spiro atoms. The van der Waals surface area contributed by atoms with Crippen molar-refractivity contribution in [1.29, 1.82) is 0 Å². The van der Waals surface area contributed by atoms with Crippen LogP contribution in [0.25, 0.3) is 0 Å². The average molecular weight is 184 g/mol. The van der Waals surface area contributed by atoms with Gasteiger partial charge in [0.15, 0.2) is 0 Å². The van der Waals surface area contributed by atoms with E-state index in [1.54, 1.807) is 0 Å². The van der Waals surface area contributed by atoms with Gasteiger partial charge >= 0.3 is 0 Å². The molecule has 1 rings (SSSR count). The molecule has 0 aliphatic carbocycles. The van der Waals surface area contributed by atoms with Crippen LogP contribution in [0.4, 0.5) is 0 Å². The Balaban J connectivity index is 2.79. The highest BCUT2D eigenvalue weighted by Gasteiger charge is 2.42. The molecule has 0 radical (unpaired) electrons. The highest BCUT2D eigenvalue weighted by atomic mass is 16.5. The third-order valence-electron chi connectivity index (χ3n) is 3.67. The maximum absolute atomic E-state index is 6.03. The van der Waals surface area contributed by atoms with Crippen molar-refractivity contribution < 1.29 is 4.74 Å². The fraction of sp³-hybridized carbons (Fsp3) is 1.00. The zero-order valence-electron chi connectivity index (χ0n) is 9.92. The minimum Gasteiger partial charge on any atom is -0.374 e. The minimum absolute atomic E-state index is 0.334. The summed E-state index contributed by atoms with van der Waals surface area (Å²) in [4.78, 5) is 0. The summed E-state index contributed by atoms with van der Waals surface area (Å²) in [6.07, 6.45) is 2.07. The second-order valence-corrected chi connectivity index (χ2v) is 5.57.